The number of carbonyl (C=O) groups is 3. The van der Waals surface area contributed by atoms with Gasteiger partial charge in [0.05, 0.1) is 41.4 Å². The number of fused-ring (bicyclic) bond motifs is 8. The van der Waals surface area contributed by atoms with Crippen LogP contribution in [0.5, 0.6) is 5.88 Å². The molecule has 9 rings (SSSR count). The van der Waals surface area contributed by atoms with Crippen molar-refractivity contribution in [3.63, 3.8) is 0 Å². The lowest BCUT2D eigenvalue weighted by Gasteiger charge is -2.37. The monoisotopic (exact) mass is 790 g/mol. The Morgan fingerprint density at radius 1 is 0.983 bits per heavy atom. The number of guanidine groups is 1. The molecule has 3 aliphatic heterocycles. The van der Waals surface area contributed by atoms with Crippen LogP contribution in [-0.2, 0) is 16.6 Å². The molecular formula is C42H44F2N10O4. The van der Waals surface area contributed by atoms with Crippen molar-refractivity contribution in [3.8, 4) is 17.1 Å². The fraction of sp³-hybridized carbons (Fsp3) is 0.381. The van der Waals surface area contributed by atoms with E-state index >= 15 is 0 Å². The van der Waals surface area contributed by atoms with E-state index in [4.69, 9.17) is 4.74 Å². The number of anilines is 4. The molecule has 1 saturated carbocycles. The summed E-state index contributed by atoms with van der Waals surface area (Å²) in [7, 11) is 1.83. The Hall–Kier alpha value is -6.16. The maximum Gasteiger partial charge on any atom is 0.280 e. The summed E-state index contributed by atoms with van der Waals surface area (Å²) in [6.07, 6.45) is 6.62. The number of aliphatic imine (C=N–C) groups is 1. The number of hydrogen-bond acceptors (Lipinski definition) is 11. The van der Waals surface area contributed by atoms with Gasteiger partial charge in [-0.25, -0.2) is 13.5 Å². The minimum absolute atomic E-state index is 0.0502. The van der Waals surface area contributed by atoms with Crippen molar-refractivity contribution in [1.82, 2.24) is 25.4 Å². The highest BCUT2D eigenvalue weighted by molar-refractivity contribution is 6.19. The molecule has 5 heterocycles. The summed E-state index contributed by atoms with van der Waals surface area (Å²) in [5.41, 5.74) is 6.49. The third kappa shape index (κ3) is 7.63. The molecule has 2 aliphatic carbocycles. The van der Waals surface area contributed by atoms with Crippen molar-refractivity contribution in [3.05, 3.63) is 88.8 Å². The largest absolute Gasteiger partial charge is 0.477 e. The van der Waals surface area contributed by atoms with E-state index in [-0.39, 0.29) is 30.4 Å². The van der Waals surface area contributed by atoms with Gasteiger partial charge in [0.25, 0.3) is 5.91 Å². The number of imide groups is 1. The minimum atomic E-state index is -1.02. The van der Waals surface area contributed by atoms with Crippen molar-refractivity contribution in [2.75, 3.05) is 53.6 Å². The van der Waals surface area contributed by atoms with Crippen molar-refractivity contribution in [2.45, 2.75) is 51.0 Å². The Bertz CT molecular complexity index is 2370. The smallest absolute Gasteiger partial charge is 0.280 e. The van der Waals surface area contributed by atoms with E-state index < -0.39 is 29.4 Å². The number of pyridine rings is 1. The number of halogens is 2. The van der Waals surface area contributed by atoms with Crippen LogP contribution in [0.3, 0.4) is 0 Å². The lowest BCUT2D eigenvalue weighted by Crippen LogP contribution is -2.41. The van der Waals surface area contributed by atoms with Crippen LogP contribution < -0.4 is 36.2 Å². The summed E-state index contributed by atoms with van der Waals surface area (Å²) in [6.45, 7) is 5.19. The summed E-state index contributed by atoms with van der Waals surface area (Å²) in [5, 5.41) is 20.2. The van der Waals surface area contributed by atoms with Crippen molar-refractivity contribution < 1.29 is 27.9 Å². The number of amides is 3. The topological polar surface area (TPSA) is 167 Å². The number of nitrogens with one attached hydrogen (secondary N) is 5. The maximum absolute atomic E-state index is 15.0. The minimum Gasteiger partial charge on any atom is -0.477 e. The van der Waals surface area contributed by atoms with Gasteiger partial charge >= 0.3 is 0 Å². The molecule has 5 N–H and O–H groups in total. The number of hydrogen-bond donors (Lipinski definition) is 5. The molecule has 4 aromatic rings. The van der Waals surface area contributed by atoms with Crippen LogP contribution in [0.15, 0.2) is 65.3 Å². The van der Waals surface area contributed by atoms with Gasteiger partial charge < -0.3 is 30.9 Å². The summed E-state index contributed by atoms with van der Waals surface area (Å²) in [6, 6.07) is 12.1. The molecule has 3 amide bonds. The number of piperidine rings is 1. The third-order valence-corrected chi connectivity index (χ3v) is 11.5. The number of nitrogens with zero attached hydrogens (tertiary/aromatic N) is 5. The first-order valence-electron chi connectivity index (χ1n) is 19.8. The third-order valence-electron chi connectivity index (χ3n) is 11.5. The van der Waals surface area contributed by atoms with Crippen molar-refractivity contribution >= 4 is 46.4 Å². The van der Waals surface area contributed by atoms with Crippen LogP contribution in [-0.4, -0.2) is 77.3 Å². The molecule has 2 bridgehead atoms. The van der Waals surface area contributed by atoms with E-state index in [1.165, 1.54) is 17.7 Å². The highest BCUT2D eigenvalue weighted by Crippen LogP contribution is 2.41. The molecular weight excluding hydrogens is 747 g/mol. The Balaban J connectivity index is 0.787. The van der Waals surface area contributed by atoms with Crippen LogP contribution in [0.1, 0.15) is 59.6 Å². The average Bonchev–Trinajstić information content (AvgIpc) is 3.68. The summed E-state index contributed by atoms with van der Waals surface area (Å²) < 4.78 is 37.8. The standard InChI is InChI=1S/C42H44F2N10O4/c1-22-11-25-15-35(48-22)31-20-47-53(2)41(31)58-10-7-24-14-26(24)21-54-36-18-27(3-5-34(36)50-42(54)52-39(25)56)46-9-8-45-19-23-12-28(13-23)49-29-16-32(43)38(33(44)17-29)30-4-6-37(55)51-40(30)57/h3,5,11,14-18,20,23-24,28,30,45-46,49H,4,6-10,12-13,19,21H2,1-2H3,(H,50,52,56)(H,51,55,57)/t23-,24-,28-,30?/m0/s1. The van der Waals surface area contributed by atoms with Crippen molar-refractivity contribution in [1.29, 1.82) is 0 Å². The fourth-order valence-corrected chi connectivity index (χ4v) is 8.33. The SMILES string of the molecule is Cc1cc2cc(n1)-c1cnn(C)c1OCC[C@H]1C=C1CN1/C(=N/C2=O)Nc2ccc(NCCNC[C@H]3C[C@H](Nc4cc(F)c(C5CCC(=O)NC5=O)c(F)c4)C3)cc21. The normalized spacial score (nSPS) is 23.2. The molecule has 16 heteroatoms. The number of rotatable bonds is 9. The lowest BCUT2D eigenvalue weighted by atomic mass is 9.80. The van der Waals surface area contributed by atoms with Crippen LogP contribution >= 0.6 is 0 Å². The van der Waals surface area contributed by atoms with Crippen LogP contribution in [0.25, 0.3) is 11.3 Å². The molecule has 0 radical (unpaired) electrons. The van der Waals surface area contributed by atoms with Crippen LogP contribution in [0.2, 0.25) is 0 Å². The first kappa shape index (κ1) is 37.4. The summed E-state index contributed by atoms with van der Waals surface area (Å²) in [4.78, 5) is 48.7. The number of benzene rings is 2. The molecule has 2 aromatic carbocycles. The summed E-state index contributed by atoms with van der Waals surface area (Å²) >= 11 is 0. The maximum atomic E-state index is 15.0. The highest BCUT2D eigenvalue weighted by atomic mass is 19.1. The fourth-order valence-electron chi connectivity index (χ4n) is 8.33. The Morgan fingerprint density at radius 2 is 1.81 bits per heavy atom. The average molecular weight is 791 g/mol. The molecule has 300 valence electrons. The highest BCUT2D eigenvalue weighted by Gasteiger charge is 2.35. The summed E-state index contributed by atoms with van der Waals surface area (Å²) in [5.74, 6) is -2.26. The second-order valence-electron chi connectivity index (χ2n) is 15.7. The predicted molar refractivity (Wildman–Crippen MR) is 215 cm³/mol. The molecule has 1 saturated heterocycles. The van der Waals surface area contributed by atoms with E-state index in [1.807, 2.05) is 26.1 Å². The Morgan fingerprint density at radius 3 is 2.62 bits per heavy atom. The lowest BCUT2D eigenvalue weighted by molar-refractivity contribution is -0.134. The number of allylic oxidation sites excluding steroid dienone is 1. The Labute approximate surface area is 333 Å². The first-order valence-corrected chi connectivity index (χ1v) is 19.8. The molecule has 14 nitrogen and oxygen atoms in total. The molecule has 5 aliphatic rings. The van der Waals surface area contributed by atoms with E-state index in [9.17, 15) is 23.2 Å². The van der Waals surface area contributed by atoms with Gasteiger partial charge in [0.2, 0.25) is 23.7 Å². The molecule has 2 fully saturated rings. The predicted octanol–water partition coefficient (Wildman–Crippen LogP) is 5.25. The molecule has 2 atom stereocenters. The van der Waals surface area contributed by atoms with E-state index in [1.54, 1.807) is 23.0 Å². The molecule has 2 aromatic heterocycles. The van der Waals surface area contributed by atoms with Crippen LogP contribution in [0, 0.1) is 30.4 Å². The number of carbonyl (C=O) groups excluding carboxylic acids is 3. The molecule has 1 unspecified atom stereocenters. The van der Waals surface area contributed by atoms with E-state index in [0.29, 0.717) is 66.0 Å². The van der Waals surface area contributed by atoms with Gasteiger partial charge in [0.1, 0.15) is 11.6 Å². The van der Waals surface area contributed by atoms with E-state index in [0.717, 1.165) is 55.0 Å². The van der Waals surface area contributed by atoms with Gasteiger partial charge in [-0.05, 0) is 93.1 Å². The Kier molecular flexibility index (Phi) is 9.87. The van der Waals surface area contributed by atoms with Gasteiger partial charge in [-0.2, -0.15) is 10.1 Å². The molecule has 0 spiro atoms. The molecule has 58 heavy (non-hydrogen) atoms. The second-order valence-corrected chi connectivity index (χ2v) is 15.7. The van der Waals surface area contributed by atoms with Gasteiger partial charge in [-0.3, -0.25) is 24.7 Å². The van der Waals surface area contributed by atoms with Crippen molar-refractivity contribution in [2.24, 2.45) is 23.9 Å². The number of aromatic nitrogens is 3. The van der Waals surface area contributed by atoms with Gasteiger partial charge in [-0.1, -0.05) is 6.08 Å². The number of aryl methyl sites for hydroxylation is 2. The zero-order valence-electron chi connectivity index (χ0n) is 32.2. The second kappa shape index (κ2) is 15.3. The zero-order valence-corrected chi connectivity index (χ0v) is 32.2. The van der Waals surface area contributed by atoms with Crippen LogP contribution in [0.4, 0.5) is 31.5 Å². The van der Waals surface area contributed by atoms with Gasteiger partial charge in [0, 0.05) is 73.3 Å². The number of ether oxygens (including phenoxy) is 1. The van der Waals surface area contributed by atoms with Gasteiger partial charge in [-0.15, -0.1) is 0 Å². The quantitative estimate of drug-likeness (QED) is 0.0855. The van der Waals surface area contributed by atoms with Gasteiger partial charge in [0.15, 0.2) is 0 Å². The first-order chi connectivity index (χ1) is 28.1. The zero-order chi connectivity index (χ0) is 40.1. The van der Waals surface area contributed by atoms with E-state index in [2.05, 4.69) is 58.7 Å².